The van der Waals surface area contributed by atoms with Gasteiger partial charge in [-0.15, -0.1) is 0 Å². The standard InChI is InChI=1S/C15H21N5O3/c1-15(2,3)10(16)12(21)18-8-6-9-11(17-7-8)19(4)14(23)20(5)13(9)22/h6-7,10H,16H2,1-5H3,(H,18,21)/t10-/m1/s1. The number of nitrogens with zero attached hydrogens (tertiary/aromatic N) is 3. The maximum absolute atomic E-state index is 12.2. The average molecular weight is 319 g/mol. The molecule has 23 heavy (non-hydrogen) atoms. The van der Waals surface area contributed by atoms with Gasteiger partial charge in [-0.2, -0.15) is 0 Å². The van der Waals surface area contributed by atoms with Crippen molar-refractivity contribution in [3.05, 3.63) is 33.1 Å². The molecule has 0 spiro atoms. The molecule has 2 heterocycles. The molecule has 2 aromatic heterocycles. The fourth-order valence-corrected chi connectivity index (χ4v) is 2.15. The molecule has 0 bridgehead atoms. The minimum Gasteiger partial charge on any atom is -0.323 e. The largest absolute Gasteiger partial charge is 0.332 e. The van der Waals surface area contributed by atoms with Gasteiger partial charge in [0.05, 0.1) is 23.3 Å². The highest BCUT2D eigenvalue weighted by Crippen LogP contribution is 2.19. The molecule has 124 valence electrons. The van der Waals surface area contributed by atoms with Crippen molar-refractivity contribution in [3.8, 4) is 0 Å². The zero-order valence-electron chi connectivity index (χ0n) is 13.9. The van der Waals surface area contributed by atoms with E-state index in [1.54, 1.807) is 0 Å². The molecule has 2 aromatic rings. The van der Waals surface area contributed by atoms with Gasteiger partial charge in [0.15, 0.2) is 0 Å². The Kier molecular flexibility index (Phi) is 4.12. The number of anilines is 1. The average Bonchev–Trinajstić information content (AvgIpc) is 2.49. The van der Waals surface area contributed by atoms with E-state index in [4.69, 9.17) is 5.73 Å². The van der Waals surface area contributed by atoms with Crippen LogP contribution in [0, 0.1) is 5.41 Å². The van der Waals surface area contributed by atoms with Gasteiger partial charge in [-0.1, -0.05) is 20.8 Å². The van der Waals surface area contributed by atoms with E-state index < -0.39 is 22.7 Å². The number of carbonyl (C=O) groups is 1. The number of aryl methyl sites for hydroxylation is 1. The second-order valence-electron chi connectivity index (χ2n) is 6.63. The van der Waals surface area contributed by atoms with Crippen LogP contribution in [0.4, 0.5) is 5.69 Å². The molecule has 0 unspecified atom stereocenters. The molecule has 1 amide bonds. The number of aromatic nitrogens is 3. The van der Waals surface area contributed by atoms with Crippen molar-refractivity contribution in [2.75, 3.05) is 5.32 Å². The molecule has 0 aliphatic heterocycles. The summed E-state index contributed by atoms with van der Waals surface area (Å²) in [6.07, 6.45) is 1.40. The Morgan fingerprint density at radius 3 is 2.43 bits per heavy atom. The van der Waals surface area contributed by atoms with E-state index in [0.717, 1.165) is 4.57 Å². The first-order valence-electron chi connectivity index (χ1n) is 7.16. The monoisotopic (exact) mass is 319 g/mol. The highest BCUT2D eigenvalue weighted by atomic mass is 16.2. The fraction of sp³-hybridized carbons (Fsp3) is 0.467. The zero-order chi connectivity index (χ0) is 17.5. The third-order valence-electron chi connectivity index (χ3n) is 3.78. The first-order chi connectivity index (χ1) is 10.5. The predicted octanol–water partition coefficient (Wildman–Crippen LogP) is -0.0559. The van der Waals surface area contributed by atoms with Crippen molar-refractivity contribution in [1.29, 1.82) is 0 Å². The molecule has 0 saturated heterocycles. The first kappa shape index (κ1) is 16.9. The van der Waals surface area contributed by atoms with Gasteiger partial charge < -0.3 is 11.1 Å². The summed E-state index contributed by atoms with van der Waals surface area (Å²) in [4.78, 5) is 40.3. The lowest BCUT2D eigenvalue weighted by Gasteiger charge is -2.25. The quantitative estimate of drug-likeness (QED) is 0.805. The fourth-order valence-electron chi connectivity index (χ4n) is 2.15. The summed E-state index contributed by atoms with van der Waals surface area (Å²) < 4.78 is 2.28. The van der Waals surface area contributed by atoms with Crippen LogP contribution >= 0.6 is 0 Å². The molecular formula is C15H21N5O3. The van der Waals surface area contributed by atoms with Crippen molar-refractivity contribution in [2.45, 2.75) is 26.8 Å². The van der Waals surface area contributed by atoms with E-state index in [-0.39, 0.29) is 16.9 Å². The SMILES string of the molecule is Cn1c(=O)c2cc(NC(=O)[C@@H](N)C(C)(C)C)cnc2n(C)c1=O. The molecule has 0 fully saturated rings. The van der Waals surface area contributed by atoms with E-state index in [9.17, 15) is 14.4 Å². The second-order valence-corrected chi connectivity index (χ2v) is 6.63. The van der Waals surface area contributed by atoms with Gasteiger partial charge in [0.1, 0.15) is 5.65 Å². The number of nitrogens with one attached hydrogen (secondary N) is 1. The number of nitrogens with two attached hydrogens (primary N) is 1. The molecule has 0 aliphatic carbocycles. The second kappa shape index (κ2) is 5.62. The molecule has 0 saturated carbocycles. The summed E-state index contributed by atoms with van der Waals surface area (Å²) in [6, 6.07) is 0.790. The molecular weight excluding hydrogens is 298 g/mol. The lowest BCUT2D eigenvalue weighted by atomic mass is 9.87. The highest BCUT2D eigenvalue weighted by Gasteiger charge is 2.27. The Morgan fingerprint density at radius 1 is 1.26 bits per heavy atom. The minimum absolute atomic E-state index is 0.247. The molecule has 2 rings (SSSR count). The summed E-state index contributed by atoms with van der Waals surface area (Å²) in [5.41, 5.74) is 5.21. The summed E-state index contributed by atoms with van der Waals surface area (Å²) in [6.45, 7) is 5.59. The Bertz CT molecular complexity index is 889. The van der Waals surface area contributed by atoms with Crippen molar-refractivity contribution in [2.24, 2.45) is 25.2 Å². The third kappa shape index (κ3) is 3.02. The smallest absolute Gasteiger partial charge is 0.323 e. The number of rotatable bonds is 2. The number of hydrogen-bond acceptors (Lipinski definition) is 5. The van der Waals surface area contributed by atoms with Gasteiger partial charge in [-0.25, -0.2) is 9.78 Å². The summed E-state index contributed by atoms with van der Waals surface area (Å²) in [7, 11) is 2.93. The number of pyridine rings is 1. The zero-order valence-corrected chi connectivity index (χ0v) is 13.9. The van der Waals surface area contributed by atoms with E-state index in [2.05, 4.69) is 10.3 Å². The van der Waals surface area contributed by atoms with Crippen LogP contribution in [-0.2, 0) is 18.9 Å². The highest BCUT2D eigenvalue weighted by molar-refractivity contribution is 5.96. The van der Waals surface area contributed by atoms with E-state index in [1.165, 1.54) is 30.9 Å². The Labute approximate surface area is 132 Å². The summed E-state index contributed by atoms with van der Waals surface area (Å²) in [5, 5.41) is 2.91. The van der Waals surface area contributed by atoms with Crippen molar-refractivity contribution in [3.63, 3.8) is 0 Å². The molecule has 0 aliphatic rings. The van der Waals surface area contributed by atoms with Crippen molar-refractivity contribution < 1.29 is 4.79 Å². The van der Waals surface area contributed by atoms with Crippen LogP contribution in [0.15, 0.2) is 21.9 Å². The summed E-state index contributed by atoms with van der Waals surface area (Å²) in [5.74, 6) is -0.361. The Balaban J connectivity index is 2.48. The lowest BCUT2D eigenvalue weighted by Crippen LogP contribution is -2.45. The molecule has 8 heteroatoms. The van der Waals surface area contributed by atoms with Gasteiger partial charge in [0.2, 0.25) is 5.91 Å². The van der Waals surface area contributed by atoms with E-state index in [1.807, 2.05) is 20.8 Å². The topological polar surface area (TPSA) is 112 Å². The van der Waals surface area contributed by atoms with Gasteiger partial charge in [0.25, 0.3) is 5.56 Å². The minimum atomic E-state index is -0.707. The summed E-state index contributed by atoms with van der Waals surface area (Å²) >= 11 is 0. The maximum Gasteiger partial charge on any atom is 0.332 e. The molecule has 8 nitrogen and oxygen atoms in total. The first-order valence-corrected chi connectivity index (χ1v) is 7.16. The van der Waals surface area contributed by atoms with Crippen molar-refractivity contribution in [1.82, 2.24) is 14.1 Å². The van der Waals surface area contributed by atoms with E-state index in [0.29, 0.717) is 5.69 Å². The van der Waals surface area contributed by atoms with E-state index >= 15 is 0 Å². The number of amides is 1. The normalized spacial score (nSPS) is 13.1. The number of carbonyl (C=O) groups excluding carboxylic acids is 1. The number of hydrogen-bond donors (Lipinski definition) is 2. The molecule has 1 atom stereocenters. The van der Waals surface area contributed by atoms with Crippen molar-refractivity contribution >= 4 is 22.6 Å². The lowest BCUT2D eigenvalue weighted by molar-refractivity contribution is -0.119. The van der Waals surface area contributed by atoms with Gasteiger partial charge >= 0.3 is 5.69 Å². The third-order valence-corrected chi connectivity index (χ3v) is 3.78. The van der Waals surface area contributed by atoms with Gasteiger partial charge in [-0.05, 0) is 11.5 Å². The molecule has 0 aromatic carbocycles. The Morgan fingerprint density at radius 2 is 1.87 bits per heavy atom. The van der Waals surface area contributed by atoms with Crippen LogP contribution in [0.25, 0.3) is 11.0 Å². The number of fused-ring (bicyclic) bond motifs is 1. The van der Waals surface area contributed by atoms with Crippen LogP contribution in [0.3, 0.4) is 0 Å². The van der Waals surface area contributed by atoms with Gasteiger partial charge in [-0.3, -0.25) is 18.7 Å². The molecule has 3 N–H and O–H groups in total. The van der Waals surface area contributed by atoms with Crippen LogP contribution in [0.2, 0.25) is 0 Å². The van der Waals surface area contributed by atoms with Crippen LogP contribution in [-0.4, -0.2) is 26.1 Å². The van der Waals surface area contributed by atoms with Crippen LogP contribution in [0.1, 0.15) is 20.8 Å². The predicted molar refractivity (Wildman–Crippen MR) is 88.3 cm³/mol. The molecule has 0 radical (unpaired) electrons. The van der Waals surface area contributed by atoms with Crippen LogP contribution < -0.4 is 22.3 Å². The van der Waals surface area contributed by atoms with Crippen LogP contribution in [0.5, 0.6) is 0 Å². The maximum atomic E-state index is 12.2. The Hall–Kier alpha value is -2.48. The van der Waals surface area contributed by atoms with Gasteiger partial charge in [0, 0.05) is 14.1 Å².